The lowest BCUT2D eigenvalue weighted by Crippen LogP contribution is -2.27. The Morgan fingerprint density at radius 1 is 1.21 bits per heavy atom. The lowest BCUT2D eigenvalue weighted by molar-refractivity contribution is -0.130. The van der Waals surface area contributed by atoms with E-state index in [1.54, 1.807) is 56.6 Å². The number of hydrogen-bond donors (Lipinski definition) is 3. The fraction of sp³-hybridized carbons (Fsp3) is 0.222. The van der Waals surface area contributed by atoms with Gasteiger partial charge in [0.15, 0.2) is 24.0 Å². The van der Waals surface area contributed by atoms with Crippen LogP contribution >= 0.6 is 0 Å². The van der Waals surface area contributed by atoms with Gasteiger partial charge < -0.3 is 20.1 Å². The van der Waals surface area contributed by atoms with Gasteiger partial charge in [-0.15, -0.1) is 5.10 Å². The van der Waals surface area contributed by atoms with Gasteiger partial charge >= 0.3 is 5.69 Å². The van der Waals surface area contributed by atoms with Crippen molar-refractivity contribution in [1.82, 2.24) is 24.6 Å². The number of benzene rings is 2. The van der Waals surface area contributed by atoms with E-state index in [0.717, 1.165) is 10.2 Å². The van der Waals surface area contributed by atoms with Gasteiger partial charge in [-0.05, 0) is 30.2 Å². The molecule has 2 heterocycles. The molecule has 4 aromatic rings. The summed E-state index contributed by atoms with van der Waals surface area (Å²) < 4.78 is 28.0. The number of nitrogens with two attached hydrogens (primary N) is 1. The molecule has 4 N–H and O–H groups in total. The number of halogens is 1. The summed E-state index contributed by atoms with van der Waals surface area (Å²) in [7, 11) is 4.57. The van der Waals surface area contributed by atoms with Gasteiger partial charge in [0, 0.05) is 37.5 Å². The zero-order chi connectivity index (χ0) is 28.1. The lowest BCUT2D eigenvalue weighted by atomic mass is 9.90. The molecule has 1 amide bonds. The van der Waals surface area contributed by atoms with E-state index in [2.05, 4.69) is 15.1 Å². The van der Waals surface area contributed by atoms with Crippen LogP contribution in [0.25, 0.3) is 5.82 Å². The van der Waals surface area contributed by atoms with Crippen LogP contribution in [0.5, 0.6) is 11.5 Å². The summed E-state index contributed by atoms with van der Waals surface area (Å²) in [5.74, 6) is -1.35. The molecule has 2 aromatic carbocycles. The summed E-state index contributed by atoms with van der Waals surface area (Å²) >= 11 is 0. The number of carbonyl (C=O) groups excluding carboxylic acids is 1. The number of ether oxygens (including phenoxy) is 2. The number of rotatable bonds is 10. The molecule has 2 aromatic heterocycles. The van der Waals surface area contributed by atoms with Gasteiger partial charge in [0.05, 0.1) is 13.0 Å². The summed E-state index contributed by atoms with van der Waals surface area (Å²) in [6, 6.07) is 14.8. The summed E-state index contributed by atoms with van der Waals surface area (Å²) in [5, 5.41) is 12.1. The topological polar surface area (TPSA) is 152 Å². The molecule has 0 radical (unpaired) electrons. The van der Waals surface area contributed by atoms with Crippen molar-refractivity contribution in [3.8, 4) is 17.3 Å². The molecule has 0 aliphatic heterocycles. The number of amidine groups is 1. The van der Waals surface area contributed by atoms with Crippen LogP contribution in [0.2, 0.25) is 0 Å². The second kappa shape index (κ2) is 11.6. The van der Waals surface area contributed by atoms with Gasteiger partial charge in [-0.2, -0.15) is 4.68 Å². The largest absolute Gasteiger partial charge is 0.497 e. The van der Waals surface area contributed by atoms with Crippen molar-refractivity contribution in [2.45, 2.75) is 12.3 Å². The zero-order valence-corrected chi connectivity index (χ0v) is 21.6. The van der Waals surface area contributed by atoms with Crippen LogP contribution in [0.15, 0.2) is 65.6 Å². The first-order valence-corrected chi connectivity index (χ1v) is 11.9. The number of likely N-dealkylation sites (N-methyl/N-ethyl adjacent to an activating group) is 1. The molecule has 0 bridgehead atoms. The van der Waals surface area contributed by atoms with Crippen molar-refractivity contribution < 1.29 is 18.7 Å². The molecule has 202 valence electrons. The first-order chi connectivity index (χ1) is 18.7. The van der Waals surface area contributed by atoms with Crippen LogP contribution in [0.3, 0.4) is 0 Å². The third-order valence-corrected chi connectivity index (χ3v) is 6.04. The second-order valence-corrected chi connectivity index (χ2v) is 8.89. The van der Waals surface area contributed by atoms with Crippen LogP contribution < -0.4 is 20.9 Å². The number of hydrogen-bond acceptors (Lipinski definition) is 7. The maximum Gasteiger partial charge on any atom is 0.349 e. The Hall–Kier alpha value is -5.00. The van der Waals surface area contributed by atoms with Crippen molar-refractivity contribution in [1.29, 1.82) is 5.41 Å². The van der Waals surface area contributed by atoms with Crippen LogP contribution in [0.1, 0.15) is 28.4 Å². The van der Waals surface area contributed by atoms with E-state index >= 15 is 4.39 Å². The molecule has 0 saturated heterocycles. The van der Waals surface area contributed by atoms with E-state index in [1.165, 1.54) is 30.3 Å². The highest BCUT2D eigenvalue weighted by atomic mass is 19.1. The van der Waals surface area contributed by atoms with Crippen molar-refractivity contribution in [3.63, 3.8) is 0 Å². The van der Waals surface area contributed by atoms with Gasteiger partial charge in [-0.1, -0.05) is 30.3 Å². The van der Waals surface area contributed by atoms with Crippen molar-refractivity contribution >= 4 is 11.7 Å². The highest BCUT2D eigenvalue weighted by Gasteiger charge is 2.27. The van der Waals surface area contributed by atoms with Gasteiger partial charge in [-0.25, -0.2) is 14.2 Å². The smallest absolute Gasteiger partial charge is 0.349 e. The number of amides is 1. The summed E-state index contributed by atoms with van der Waals surface area (Å²) in [6.07, 6.45) is 1.75. The molecule has 4 rings (SSSR count). The number of aromatic nitrogens is 4. The summed E-state index contributed by atoms with van der Waals surface area (Å²) in [6.45, 7) is -0.376. The van der Waals surface area contributed by atoms with Gasteiger partial charge in [0.2, 0.25) is 0 Å². The summed E-state index contributed by atoms with van der Waals surface area (Å²) in [4.78, 5) is 33.2. The molecule has 12 heteroatoms. The summed E-state index contributed by atoms with van der Waals surface area (Å²) in [5.41, 5.74) is 6.48. The molecular formula is C27H28FN7O4. The molecular weight excluding hydrogens is 505 g/mol. The number of aromatic amines is 1. The molecule has 0 spiro atoms. The molecule has 0 saturated carbocycles. The minimum absolute atomic E-state index is 0.0792. The monoisotopic (exact) mass is 533 g/mol. The molecule has 1 atom stereocenters. The molecule has 0 aliphatic rings. The van der Waals surface area contributed by atoms with Crippen molar-refractivity contribution in [3.05, 3.63) is 99.6 Å². The molecule has 0 aliphatic carbocycles. The SMILES string of the molecule is COc1cc(OCC(=O)N(C)C)c(F)c(C(Cc2ccc(C(=N)N)cc2)c2nn(-c3ccccn3)c(=O)[nH]2)c1. The van der Waals surface area contributed by atoms with E-state index in [4.69, 9.17) is 20.6 Å². The number of H-pyrrole nitrogens is 1. The zero-order valence-electron chi connectivity index (χ0n) is 21.6. The average molecular weight is 534 g/mol. The fourth-order valence-electron chi connectivity index (χ4n) is 3.88. The van der Waals surface area contributed by atoms with Crippen molar-refractivity contribution in [2.75, 3.05) is 27.8 Å². The number of methoxy groups -OCH3 is 1. The van der Waals surface area contributed by atoms with E-state index < -0.39 is 17.4 Å². The Morgan fingerprint density at radius 2 is 1.95 bits per heavy atom. The first kappa shape index (κ1) is 27.0. The van der Waals surface area contributed by atoms with Gasteiger partial charge in [0.25, 0.3) is 5.91 Å². The Kier molecular flexibility index (Phi) is 8.04. The number of nitrogen functional groups attached to an aromatic ring is 1. The average Bonchev–Trinajstić information content (AvgIpc) is 3.32. The number of nitrogens with one attached hydrogen (secondary N) is 2. The van der Waals surface area contributed by atoms with Gasteiger partial charge in [-0.3, -0.25) is 15.2 Å². The third-order valence-electron chi connectivity index (χ3n) is 6.04. The maximum absolute atomic E-state index is 16.0. The first-order valence-electron chi connectivity index (χ1n) is 11.9. The molecule has 11 nitrogen and oxygen atoms in total. The Labute approximate surface area is 223 Å². The standard InChI is InChI=1S/C27H28FN7O4/c1-34(2)23(36)15-39-21-14-18(38-3)13-19(24(21)28)20(12-16-7-9-17(10-8-16)25(29)30)26-32-27(37)35(33-26)22-6-4-5-11-31-22/h4-11,13-14,20H,12,15H2,1-3H3,(H3,29,30)(H,32,33,37). The van der Waals surface area contributed by atoms with E-state index in [9.17, 15) is 9.59 Å². The van der Waals surface area contributed by atoms with E-state index in [0.29, 0.717) is 17.1 Å². The number of carbonyl (C=O) groups is 1. The van der Waals surface area contributed by atoms with Crippen LogP contribution in [0, 0.1) is 11.2 Å². The lowest BCUT2D eigenvalue weighted by Gasteiger charge is -2.19. The predicted octanol–water partition coefficient (Wildman–Crippen LogP) is 2.23. The van der Waals surface area contributed by atoms with E-state index in [-0.39, 0.29) is 41.9 Å². The second-order valence-electron chi connectivity index (χ2n) is 8.89. The Morgan fingerprint density at radius 3 is 2.56 bits per heavy atom. The molecule has 39 heavy (non-hydrogen) atoms. The van der Waals surface area contributed by atoms with Gasteiger partial charge in [0.1, 0.15) is 17.4 Å². The minimum atomic E-state index is -0.798. The minimum Gasteiger partial charge on any atom is -0.497 e. The Balaban J connectivity index is 1.82. The van der Waals surface area contributed by atoms with Crippen LogP contribution in [-0.2, 0) is 11.2 Å². The normalized spacial score (nSPS) is 11.6. The quantitative estimate of drug-likeness (QED) is 0.209. The van der Waals surface area contributed by atoms with Crippen LogP contribution in [0.4, 0.5) is 4.39 Å². The van der Waals surface area contributed by atoms with Crippen molar-refractivity contribution in [2.24, 2.45) is 5.73 Å². The maximum atomic E-state index is 16.0. The Bertz CT molecular complexity index is 1530. The van der Waals surface area contributed by atoms with Crippen LogP contribution in [-0.4, -0.2) is 64.2 Å². The fourth-order valence-corrected chi connectivity index (χ4v) is 3.88. The molecule has 1 unspecified atom stereocenters. The number of pyridine rings is 1. The predicted molar refractivity (Wildman–Crippen MR) is 142 cm³/mol. The number of nitrogens with zero attached hydrogens (tertiary/aromatic N) is 4. The third kappa shape index (κ3) is 6.12. The van der Waals surface area contributed by atoms with E-state index in [1.807, 2.05) is 0 Å². The molecule has 0 fully saturated rings. The highest BCUT2D eigenvalue weighted by Crippen LogP contribution is 2.36. The highest BCUT2D eigenvalue weighted by molar-refractivity contribution is 5.94.